The summed E-state index contributed by atoms with van der Waals surface area (Å²) < 4.78 is 19.8. The van der Waals surface area contributed by atoms with Crippen molar-refractivity contribution < 1.29 is 18.7 Å². The average Bonchev–Trinajstić information content (AvgIpc) is 3.16. The van der Waals surface area contributed by atoms with Crippen LogP contribution in [0.15, 0.2) is 61.1 Å². The molecule has 0 radical (unpaired) electrons. The van der Waals surface area contributed by atoms with E-state index >= 15 is 0 Å². The molecule has 132 valence electrons. The fourth-order valence-electron chi connectivity index (χ4n) is 2.14. The highest BCUT2D eigenvalue weighted by Gasteiger charge is 2.19. The van der Waals surface area contributed by atoms with Crippen LogP contribution in [0, 0.1) is 5.82 Å². The third kappa shape index (κ3) is 4.10. The molecular formula is C18H15FN4O3. The molecule has 1 amide bonds. The van der Waals surface area contributed by atoms with E-state index in [-0.39, 0.29) is 11.3 Å². The first kappa shape index (κ1) is 17.3. The van der Waals surface area contributed by atoms with Crippen molar-refractivity contribution in [3.8, 4) is 5.82 Å². The number of carbonyl (C=O) groups is 2. The lowest BCUT2D eigenvalue weighted by Gasteiger charge is -2.13. The van der Waals surface area contributed by atoms with Crippen LogP contribution >= 0.6 is 0 Å². The van der Waals surface area contributed by atoms with Gasteiger partial charge >= 0.3 is 5.97 Å². The van der Waals surface area contributed by atoms with Crippen LogP contribution in [0.2, 0.25) is 0 Å². The molecule has 0 fully saturated rings. The van der Waals surface area contributed by atoms with Crippen molar-refractivity contribution in [1.29, 1.82) is 0 Å². The van der Waals surface area contributed by atoms with Crippen LogP contribution < -0.4 is 5.32 Å². The van der Waals surface area contributed by atoms with Gasteiger partial charge in [0, 0.05) is 24.3 Å². The third-order valence-corrected chi connectivity index (χ3v) is 3.47. The van der Waals surface area contributed by atoms with Crippen LogP contribution in [0.1, 0.15) is 17.3 Å². The second kappa shape index (κ2) is 7.56. The molecule has 0 aliphatic carbocycles. The number of benzene rings is 1. The Labute approximate surface area is 148 Å². The van der Waals surface area contributed by atoms with Crippen molar-refractivity contribution in [2.75, 3.05) is 5.32 Å². The fourth-order valence-corrected chi connectivity index (χ4v) is 2.14. The monoisotopic (exact) mass is 354 g/mol. The van der Waals surface area contributed by atoms with Gasteiger partial charge < -0.3 is 10.1 Å². The number of esters is 1. The predicted molar refractivity (Wildman–Crippen MR) is 91.3 cm³/mol. The second-order valence-corrected chi connectivity index (χ2v) is 5.40. The Balaban J connectivity index is 1.60. The summed E-state index contributed by atoms with van der Waals surface area (Å²) in [6, 6.07) is 10.3. The van der Waals surface area contributed by atoms with Gasteiger partial charge in [-0.3, -0.25) is 4.79 Å². The van der Waals surface area contributed by atoms with E-state index in [9.17, 15) is 14.0 Å². The number of aromatic nitrogens is 3. The number of nitrogens with one attached hydrogen (secondary N) is 1. The van der Waals surface area contributed by atoms with Crippen LogP contribution in [-0.2, 0) is 9.53 Å². The van der Waals surface area contributed by atoms with Crippen molar-refractivity contribution >= 4 is 17.6 Å². The van der Waals surface area contributed by atoms with E-state index in [1.807, 2.05) is 0 Å². The van der Waals surface area contributed by atoms with E-state index in [2.05, 4.69) is 15.4 Å². The molecule has 1 atom stereocenters. The predicted octanol–water partition coefficient (Wildman–Crippen LogP) is 2.59. The van der Waals surface area contributed by atoms with Gasteiger partial charge in [0.1, 0.15) is 5.82 Å². The van der Waals surface area contributed by atoms with Gasteiger partial charge in [-0.1, -0.05) is 6.07 Å². The van der Waals surface area contributed by atoms with Crippen LogP contribution in [0.25, 0.3) is 5.82 Å². The van der Waals surface area contributed by atoms with Gasteiger partial charge in [0.15, 0.2) is 11.9 Å². The zero-order valence-corrected chi connectivity index (χ0v) is 13.8. The summed E-state index contributed by atoms with van der Waals surface area (Å²) in [7, 11) is 0. The van der Waals surface area contributed by atoms with Crippen molar-refractivity contribution in [3.63, 3.8) is 0 Å². The smallest absolute Gasteiger partial charge is 0.340 e. The summed E-state index contributed by atoms with van der Waals surface area (Å²) >= 11 is 0. The Morgan fingerprint density at radius 2 is 2.08 bits per heavy atom. The molecule has 0 saturated heterocycles. The topological polar surface area (TPSA) is 86.1 Å². The molecule has 26 heavy (non-hydrogen) atoms. The van der Waals surface area contributed by atoms with Gasteiger partial charge in [0.25, 0.3) is 5.91 Å². The summed E-state index contributed by atoms with van der Waals surface area (Å²) in [6.07, 6.45) is 3.62. The highest BCUT2D eigenvalue weighted by atomic mass is 19.1. The standard InChI is InChI=1S/C18H15FN4O3/c1-12(17(24)22-15-5-2-4-14(19)10-15)26-18(25)13-6-7-16(20-11-13)23-9-3-8-21-23/h2-12H,1H3,(H,22,24). The SMILES string of the molecule is CC(OC(=O)c1ccc(-n2cccn2)nc1)C(=O)Nc1cccc(F)c1. The molecule has 8 heteroatoms. The molecule has 3 aromatic rings. The maximum absolute atomic E-state index is 13.1. The molecule has 0 spiro atoms. The Morgan fingerprint density at radius 1 is 1.23 bits per heavy atom. The number of amides is 1. The van der Waals surface area contributed by atoms with Gasteiger partial charge in [-0.2, -0.15) is 5.10 Å². The third-order valence-electron chi connectivity index (χ3n) is 3.47. The number of rotatable bonds is 5. The number of halogens is 1. The van der Waals surface area contributed by atoms with E-state index in [0.717, 1.165) is 0 Å². The Kier molecular flexibility index (Phi) is 5.02. The second-order valence-electron chi connectivity index (χ2n) is 5.40. The molecule has 2 aromatic heterocycles. The minimum atomic E-state index is -1.06. The van der Waals surface area contributed by atoms with E-state index in [4.69, 9.17) is 4.74 Å². The average molecular weight is 354 g/mol. The van der Waals surface area contributed by atoms with Crippen molar-refractivity contribution in [2.45, 2.75) is 13.0 Å². The van der Waals surface area contributed by atoms with Crippen LogP contribution in [0.5, 0.6) is 0 Å². The lowest BCUT2D eigenvalue weighted by molar-refractivity contribution is -0.123. The Bertz CT molecular complexity index is 910. The molecule has 1 N–H and O–H groups in total. The van der Waals surface area contributed by atoms with E-state index in [1.165, 1.54) is 43.5 Å². The molecule has 1 unspecified atom stereocenters. The highest BCUT2D eigenvalue weighted by Crippen LogP contribution is 2.11. The molecule has 0 bridgehead atoms. The van der Waals surface area contributed by atoms with Crippen LogP contribution in [-0.4, -0.2) is 32.7 Å². The van der Waals surface area contributed by atoms with E-state index < -0.39 is 23.8 Å². The van der Waals surface area contributed by atoms with Gasteiger partial charge in [-0.05, 0) is 43.3 Å². The first-order valence-corrected chi connectivity index (χ1v) is 7.76. The zero-order valence-electron chi connectivity index (χ0n) is 13.8. The number of hydrogen-bond acceptors (Lipinski definition) is 5. The Hall–Kier alpha value is -3.55. The number of carbonyl (C=O) groups excluding carboxylic acids is 2. The summed E-state index contributed by atoms with van der Waals surface area (Å²) in [5.41, 5.74) is 0.481. The molecule has 2 heterocycles. The maximum Gasteiger partial charge on any atom is 0.340 e. The molecule has 1 aromatic carbocycles. The number of hydrogen-bond donors (Lipinski definition) is 1. The molecule has 0 aliphatic heterocycles. The highest BCUT2D eigenvalue weighted by molar-refractivity contribution is 5.97. The molecule has 0 aliphatic rings. The largest absolute Gasteiger partial charge is 0.449 e. The first-order valence-electron chi connectivity index (χ1n) is 7.76. The maximum atomic E-state index is 13.1. The number of nitrogens with zero attached hydrogens (tertiary/aromatic N) is 3. The number of pyridine rings is 1. The van der Waals surface area contributed by atoms with Gasteiger partial charge in [0.2, 0.25) is 0 Å². The normalized spacial score (nSPS) is 11.6. The van der Waals surface area contributed by atoms with Gasteiger partial charge in [-0.15, -0.1) is 0 Å². The van der Waals surface area contributed by atoms with Crippen LogP contribution in [0.4, 0.5) is 10.1 Å². The quantitative estimate of drug-likeness (QED) is 0.712. The molecule has 3 rings (SSSR count). The molecule has 7 nitrogen and oxygen atoms in total. The lowest BCUT2D eigenvalue weighted by Crippen LogP contribution is -2.30. The molecular weight excluding hydrogens is 339 g/mol. The minimum Gasteiger partial charge on any atom is -0.449 e. The van der Waals surface area contributed by atoms with Crippen molar-refractivity contribution in [2.24, 2.45) is 0 Å². The zero-order chi connectivity index (χ0) is 18.5. The summed E-state index contributed by atoms with van der Waals surface area (Å²) in [5, 5.41) is 6.52. The summed E-state index contributed by atoms with van der Waals surface area (Å²) in [4.78, 5) is 28.3. The van der Waals surface area contributed by atoms with Gasteiger partial charge in [-0.25, -0.2) is 18.9 Å². The minimum absolute atomic E-state index is 0.200. The van der Waals surface area contributed by atoms with Crippen LogP contribution in [0.3, 0.4) is 0 Å². The first-order chi connectivity index (χ1) is 12.5. The molecule has 0 saturated carbocycles. The summed E-state index contributed by atoms with van der Waals surface area (Å²) in [6.45, 7) is 1.43. The van der Waals surface area contributed by atoms with E-state index in [0.29, 0.717) is 5.82 Å². The van der Waals surface area contributed by atoms with Crippen molar-refractivity contribution in [1.82, 2.24) is 14.8 Å². The summed E-state index contributed by atoms with van der Waals surface area (Å²) in [5.74, 6) is -1.18. The Morgan fingerprint density at radius 3 is 2.73 bits per heavy atom. The number of anilines is 1. The van der Waals surface area contributed by atoms with Gasteiger partial charge in [0.05, 0.1) is 5.56 Å². The fraction of sp³-hybridized carbons (Fsp3) is 0.111. The number of ether oxygens (including phenoxy) is 1. The van der Waals surface area contributed by atoms with Crippen molar-refractivity contribution in [3.05, 3.63) is 72.4 Å². The lowest BCUT2D eigenvalue weighted by atomic mass is 10.2. The van der Waals surface area contributed by atoms with E-state index in [1.54, 1.807) is 29.2 Å².